The monoisotopic (exact) mass is 368 g/mol. The number of alkyl halides is 12. The molecule has 1 aromatic rings. The molecule has 24 heavy (non-hydrogen) atoms. The maximum Gasteiger partial charge on any atom is 1.00 e. The Kier molecular flexibility index (Phi) is 6.15. The molecule has 0 N–H and O–H groups in total. The van der Waals surface area contributed by atoms with E-state index in [1.165, 1.54) is 0 Å². The van der Waals surface area contributed by atoms with Crippen LogP contribution in [0.3, 0.4) is 0 Å². The van der Waals surface area contributed by atoms with E-state index in [2.05, 4.69) is 7.85 Å². The van der Waals surface area contributed by atoms with Gasteiger partial charge in [0, 0.05) is 0 Å². The molecule has 0 saturated heterocycles. The molecule has 130 valence electrons. The van der Waals surface area contributed by atoms with E-state index >= 15 is 0 Å². The van der Waals surface area contributed by atoms with Gasteiger partial charge in [0.25, 0.3) is 0 Å². The molecule has 0 aliphatic heterocycles. The number of hydrogen-bond acceptors (Lipinski definition) is 0. The zero-order valence-corrected chi connectivity index (χ0v) is 11.2. The van der Waals surface area contributed by atoms with Crippen LogP contribution >= 0.6 is 0 Å². The summed E-state index contributed by atoms with van der Waals surface area (Å²) in [6.45, 7) is 0. The van der Waals surface area contributed by atoms with Crippen LogP contribution in [0.5, 0.6) is 0 Å². The number of benzene rings is 1. The quantitative estimate of drug-likeness (QED) is 0.483. The molecule has 0 bridgehead atoms. The Balaban J connectivity index is 0. The molecular weight excluding hydrogens is 366 g/mol. The van der Waals surface area contributed by atoms with Crippen molar-refractivity contribution in [2.24, 2.45) is 0 Å². The first kappa shape index (κ1) is 23.0. The van der Waals surface area contributed by atoms with Gasteiger partial charge in [0.05, 0.1) is 22.3 Å². The fourth-order valence-corrected chi connectivity index (χ4v) is 1.81. The molecule has 0 spiro atoms. The van der Waals surface area contributed by atoms with Crippen molar-refractivity contribution in [2.75, 3.05) is 0 Å². The SMILES string of the molecule is [B]c1cc(C(F)(F)F)c(C(F)(F)F)c(C(F)(F)F)c1C(F)(F)F.[H-].[Li+]. The van der Waals surface area contributed by atoms with Gasteiger partial charge in [0.15, 0.2) is 0 Å². The average molecular weight is 368 g/mol. The maximum atomic E-state index is 12.7. The molecule has 14 heteroatoms. The van der Waals surface area contributed by atoms with Crippen molar-refractivity contribution >= 4 is 13.3 Å². The molecule has 1 aromatic carbocycles. The zero-order valence-electron chi connectivity index (χ0n) is 12.2. The molecule has 0 fully saturated rings. The largest absolute Gasteiger partial charge is 1.00 e. The van der Waals surface area contributed by atoms with Crippen molar-refractivity contribution < 1.29 is 73.0 Å². The van der Waals surface area contributed by atoms with Crippen LogP contribution in [0.25, 0.3) is 0 Å². The molecule has 2 radical (unpaired) electrons. The van der Waals surface area contributed by atoms with E-state index in [-0.39, 0.29) is 20.3 Å². The van der Waals surface area contributed by atoms with Gasteiger partial charge in [0.1, 0.15) is 7.85 Å². The molecule has 0 aliphatic carbocycles. The molecular formula is C10H2BF12Li. The molecule has 1 rings (SSSR count). The van der Waals surface area contributed by atoms with Crippen LogP contribution in [0.4, 0.5) is 52.7 Å². The standard InChI is InChI=1S/C10HBF12.Li.H/c11-3-1-2(7(12,13)14)4(8(15,16)17)6(10(21,22)23)5(3)9(18,19)20;;/h1H;;/q;+1;-1. The Morgan fingerprint density at radius 1 is 0.583 bits per heavy atom. The third kappa shape index (κ3) is 4.56. The summed E-state index contributed by atoms with van der Waals surface area (Å²) >= 11 is 0. The van der Waals surface area contributed by atoms with Crippen molar-refractivity contribution in [3.63, 3.8) is 0 Å². The predicted octanol–water partition coefficient (Wildman–Crippen LogP) is 1.67. The van der Waals surface area contributed by atoms with Gasteiger partial charge in [-0.05, 0) is 0 Å². The summed E-state index contributed by atoms with van der Waals surface area (Å²) in [6.07, 6.45) is -24.8. The Bertz CT molecular complexity index is 613. The van der Waals surface area contributed by atoms with Gasteiger partial charge in [-0.2, -0.15) is 52.7 Å². The summed E-state index contributed by atoms with van der Waals surface area (Å²) in [5.41, 5.74) is -15.1. The smallest absolute Gasteiger partial charge is 1.00 e. The van der Waals surface area contributed by atoms with Crippen LogP contribution in [-0.4, -0.2) is 7.85 Å². The van der Waals surface area contributed by atoms with Crippen LogP contribution in [0.2, 0.25) is 0 Å². The van der Waals surface area contributed by atoms with Gasteiger partial charge >= 0.3 is 43.6 Å². The minimum Gasteiger partial charge on any atom is -1.00 e. The Labute approximate surface area is 140 Å². The van der Waals surface area contributed by atoms with Crippen molar-refractivity contribution in [1.29, 1.82) is 0 Å². The molecule has 0 amide bonds. The Hall–Kier alpha value is -0.958. The summed E-state index contributed by atoms with van der Waals surface area (Å²) in [7, 11) is 4.53. The van der Waals surface area contributed by atoms with Crippen LogP contribution in [0, 0.1) is 0 Å². The number of rotatable bonds is 0. The summed E-state index contributed by atoms with van der Waals surface area (Å²) in [6, 6.07) is -0.819. The van der Waals surface area contributed by atoms with Crippen molar-refractivity contribution in [1.82, 2.24) is 0 Å². The van der Waals surface area contributed by atoms with Crippen LogP contribution in [-0.2, 0) is 24.7 Å². The van der Waals surface area contributed by atoms with Gasteiger partial charge < -0.3 is 1.43 Å². The fourth-order valence-electron chi connectivity index (χ4n) is 1.81. The first-order chi connectivity index (χ1) is 9.88. The second-order valence-electron chi connectivity index (χ2n) is 4.13. The van der Waals surface area contributed by atoms with Gasteiger partial charge in [-0.1, -0.05) is 11.5 Å². The number of halogens is 12. The van der Waals surface area contributed by atoms with E-state index < -0.39 is 58.5 Å². The average Bonchev–Trinajstić information content (AvgIpc) is 2.21. The normalized spacial score (nSPS) is 13.7. The summed E-state index contributed by atoms with van der Waals surface area (Å²) in [5, 5.41) is 0. The van der Waals surface area contributed by atoms with Crippen molar-refractivity contribution in [3.8, 4) is 0 Å². The summed E-state index contributed by atoms with van der Waals surface area (Å²) < 4.78 is 152. The van der Waals surface area contributed by atoms with E-state index in [4.69, 9.17) is 0 Å². The third-order valence-corrected chi connectivity index (χ3v) is 2.51. The van der Waals surface area contributed by atoms with Gasteiger partial charge in [0.2, 0.25) is 0 Å². The molecule has 0 nitrogen and oxygen atoms in total. The van der Waals surface area contributed by atoms with E-state index in [0.717, 1.165) is 0 Å². The van der Waals surface area contributed by atoms with Gasteiger partial charge in [-0.3, -0.25) is 0 Å². The predicted molar refractivity (Wildman–Crippen MR) is 52.9 cm³/mol. The second-order valence-corrected chi connectivity index (χ2v) is 4.13. The first-order valence-electron chi connectivity index (χ1n) is 5.13. The molecule has 0 heterocycles. The van der Waals surface area contributed by atoms with Gasteiger partial charge in [-0.15, -0.1) is 0 Å². The second kappa shape index (κ2) is 6.40. The van der Waals surface area contributed by atoms with Gasteiger partial charge in [-0.25, -0.2) is 0 Å². The molecule has 0 aromatic heterocycles. The Morgan fingerprint density at radius 3 is 1.17 bits per heavy atom. The maximum absolute atomic E-state index is 12.7. The summed E-state index contributed by atoms with van der Waals surface area (Å²) in [4.78, 5) is 0. The van der Waals surface area contributed by atoms with E-state index in [0.29, 0.717) is 0 Å². The zero-order chi connectivity index (χ0) is 18.6. The molecule has 0 aliphatic rings. The minimum atomic E-state index is -6.38. The first-order valence-corrected chi connectivity index (χ1v) is 5.13. The minimum absolute atomic E-state index is 0. The van der Waals surface area contributed by atoms with Crippen molar-refractivity contribution in [3.05, 3.63) is 28.3 Å². The van der Waals surface area contributed by atoms with Crippen molar-refractivity contribution in [2.45, 2.75) is 24.7 Å². The van der Waals surface area contributed by atoms with Crippen LogP contribution in [0.1, 0.15) is 23.7 Å². The molecule has 0 saturated carbocycles. The van der Waals surface area contributed by atoms with E-state index in [1.807, 2.05) is 0 Å². The third-order valence-electron chi connectivity index (χ3n) is 2.51. The van der Waals surface area contributed by atoms with E-state index in [1.54, 1.807) is 0 Å². The fraction of sp³-hybridized carbons (Fsp3) is 0.400. The Morgan fingerprint density at radius 2 is 0.917 bits per heavy atom. The molecule has 0 unspecified atom stereocenters. The van der Waals surface area contributed by atoms with Crippen LogP contribution in [0.15, 0.2) is 6.07 Å². The van der Waals surface area contributed by atoms with Crippen LogP contribution < -0.4 is 24.3 Å². The topological polar surface area (TPSA) is 0 Å². The molecule has 0 atom stereocenters. The number of hydrogen-bond donors (Lipinski definition) is 0. The van der Waals surface area contributed by atoms with E-state index in [9.17, 15) is 52.7 Å². The summed E-state index contributed by atoms with van der Waals surface area (Å²) in [5.74, 6) is 0.